The minimum atomic E-state index is 0.269. The molecule has 1 aliphatic heterocycles. The van der Waals surface area contributed by atoms with E-state index in [-0.39, 0.29) is 5.41 Å². The van der Waals surface area contributed by atoms with E-state index in [1.165, 1.54) is 29.5 Å². The lowest BCUT2D eigenvalue weighted by molar-refractivity contribution is 0.187. The van der Waals surface area contributed by atoms with Crippen LogP contribution in [0.5, 0.6) is 5.75 Å². The number of rotatable bonds is 2. The van der Waals surface area contributed by atoms with Gasteiger partial charge in [-0.3, -0.25) is 4.90 Å². The first-order valence-electron chi connectivity index (χ1n) is 7.67. The van der Waals surface area contributed by atoms with E-state index in [2.05, 4.69) is 34.8 Å². The zero-order valence-electron chi connectivity index (χ0n) is 12.6. The van der Waals surface area contributed by atoms with Crippen molar-refractivity contribution in [3.8, 4) is 5.75 Å². The van der Waals surface area contributed by atoms with E-state index in [0.29, 0.717) is 11.8 Å². The van der Waals surface area contributed by atoms with Gasteiger partial charge in [0.15, 0.2) is 0 Å². The van der Waals surface area contributed by atoms with Crippen LogP contribution in [-0.2, 0) is 11.8 Å². The van der Waals surface area contributed by atoms with Crippen LogP contribution >= 0.6 is 11.3 Å². The van der Waals surface area contributed by atoms with E-state index in [1.807, 2.05) is 13.0 Å². The molecule has 0 radical (unpaired) electrons. The van der Waals surface area contributed by atoms with Crippen LogP contribution in [0.1, 0.15) is 41.1 Å². The third-order valence-electron chi connectivity index (χ3n) is 5.34. The molecular weight excluding hydrogens is 278 g/mol. The van der Waals surface area contributed by atoms with Crippen LogP contribution < -0.4 is 0 Å². The summed E-state index contributed by atoms with van der Waals surface area (Å²) in [7, 11) is 2.23. The van der Waals surface area contributed by atoms with Gasteiger partial charge in [0.2, 0.25) is 0 Å². The van der Waals surface area contributed by atoms with Crippen molar-refractivity contribution >= 4 is 11.3 Å². The Morgan fingerprint density at radius 1 is 1.33 bits per heavy atom. The fourth-order valence-electron chi connectivity index (χ4n) is 4.03. The van der Waals surface area contributed by atoms with Crippen LogP contribution in [0.3, 0.4) is 0 Å². The molecule has 0 saturated heterocycles. The lowest BCUT2D eigenvalue weighted by atomic mass is 9.79. The number of phenols is 1. The molecule has 0 amide bonds. The van der Waals surface area contributed by atoms with Gasteiger partial charge in [-0.2, -0.15) is 11.3 Å². The third-order valence-corrected chi connectivity index (χ3v) is 6.02. The molecule has 1 aliphatic carbocycles. The summed E-state index contributed by atoms with van der Waals surface area (Å²) in [6.07, 6.45) is 3.60. The highest BCUT2D eigenvalue weighted by molar-refractivity contribution is 7.08. The topological polar surface area (TPSA) is 23.5 Å². The summed E-state index contributed by atoms with van der Waals surface area (Å²) in [4.78, 5) is 2.49. The Morgan fingerprint density at radius 3 is 2.81 bits per heavy atom. The average molecular weight is 299 g/mol. The zero-order chi connectivity index (χ0) is 14.6. The van der Waals surface area contributed by atoms with Gasteiger partial charge in [0, 0.05) is 18.0 Å². The number of hydrogen-bond acceptors (Lipinski definition) is 3. The quantitative estimate of drug-likeness (QED) is 0.905. The van der Waals surface area contributed by atoms with Gasteiger partial charge >= 0.3 is 0 Å². The van der Waals surface area contributed by atoms with Crippen molar-refractivity contribution in [3.63, 3.8) is 0 Å². The van der Waals surface area contributed by atoms with Crippen LogP contribution in [0.15, 0.2) is 29.0 Å². The van der Waals surface area contributed by atoms with Crippen molar-refractivity contribution < 1.29 is 5.11 Å². The maximum absolute atomic E-state index is 10.2. The van der Waals surface area contributed by atoms with Gasteiger partial charge in [0.25, 0.3) is 0 Å². The van der Waals surface area contributed by atoms with Gasteiger partial charge in [-0.25, -0.2) is 0 Å². The van der Waals surface area contributed by atoms with Crippen molar-refractivity contribution in [1.82, 2.24) is 4.90 Å². The van der Waals surface area contributed by atoms with E-state index in [4.69, 9.17) is 0 Å². The largest absolute Gasteiger partial charge is 0.508 e. The predicted octanol–water partition coefficient (Wildman–Crippen LogP) is 4.02. The van der Waals surface area contributed by atoms with Gasteiger partial charge in [0.1, 0.15) is 5.75 Å². The molecule has 1 fully saturated rings. The highest BCUT2D eigenvalue weighted by Crippen LogP contribution is 2.60. The monoisotopic (exact) mass is 299 g/mol. The Labute approximate surface area is 130 Å². The fourth-order valence-corrected chi connectivity index (χ4v) is 4.79. The first-order valence-corrected chi connectivity index (χ1v) is 8.61. The number of hydrogen-bond donors (Lipinski definition) is 1. The van der Waals surface area contributed by atoms with E-state index < -0.39 is 0 Å². The Bertz CT molecular complexity index is 673. The number of phenolic OH excluding ortho intramolecular Hbond substituents is 1. The molecule has 110 valence electrons. The lowest BCUT2D eigenvalue weighted by Crippen LogP contribution is -2.39. The number of fused-ring (bicyclic) bond motifs is 1. The maximum Gasteiger partial charge on any atom is 0.118 e. The first kappa shape index (κ1) is 13.4. The average Bonchev–Trinajstić information content (AvgIpc) is 3.06. The number of aromatic hydroxyl groups is 1. The van der Waals surface area contributed by atoms with Gasteiger partial charge in [0.05, 0.1) is 0 Å². The smallest absolute Gasteiger partial charge is 0.118 e. The maximum atomic E-state index is 10.2. The van der Waals surface area contributed by atoms with Crippen LogP contribution in [0, 0.1) is 6.92 Å². The molecular formula is C18H21NOS. The summed E-state index contributed by atoms with van der Waals surface area (Å²) in [5.74, 6) is 0.440. The summed E-state index contributed by atoms with van der Waals surface area (Å²) in [6.45, 7) is 3.10. The predicted molar refractivity (Wildman–Crippen MR) is 87.1 cm³/mol. The third kappa shape index (κ3) is 1.95. The highest BCUT2D eigenvalue weighted by atomic mass is 32.1. The first-order chi connectivity index (χ1) is 10.1. The van der Waals surface area contributed by atoms with Crippen LogP contribution in [0.4, 0.5) is 0 Å². The van der Waals surface area contributed by atoms with Crippen LogP contribution in [0.25, 0.3) is 0 Å². The molecule has 1 aromatic carbocycles. The second kappa shape index (κ2) is 4.59. The summed E-state index contributed by atoms with van der Waals surface area (Å²) >= 11 is 1.79. The van der Waals surface area contributed by atoms with Crippen molar-refractivity contribution in [1.29, 1.82) is 0 Å². The summed E-state index contributed by atoms with van der Waals surface area (Å²) in [5.41, 5.74) is 5.52. The van der Waals surface area contributed by atoms with Crippen LogP contribution in [-0.4, -0.2) is 23.6 Å². The number of aryl methyl sites for hydroxylation is 1. The molecule has 2 aromatic rings. The van der Waals surface area contributed by atoms with E-state index in [9.17, 15) is 5.11 Å². The molecule has 21 heavy (non-hydrogen) atoms. The second-order valence-electron chi connectivity index (χ2n) is 6.64. The van der Waals surface area contributed by atoms with Crippen molar-refractivity contribution in [2.45, 2.75) is 37.6 Å². The molecule has 3 heteroatoms. The zero-order valence-corrected chi connectivity index (χ0v) is 13.4. The molecule has 0 bridgehead atoms. The normalized spacial score (nSPS) is 23.8. The Kier molecular flexibility index (Phi) is 2.92. The summed E-state index contributed by atoms with van der Waals surface area (Å²) in [5, 5.41) is 14.7. The molecule has 1 aromatic heterocycles. The minimum absolute atomic E-state index is 0.269. The molecule has 2 heterocycles. The van der Waals surface area contributed by atoms with E-state index in [1.54, 1.807) is 11.3 Å². The van der Waals surface area contributed by atoms with Gasteiger partial charge in [-0.05, 0) is 78.4 Å². The van der Waals surface area contributed by atoms with Crippen molar-refractivity contribution in [3.05, 3.63) is 51.2 Å². The van der Waals surface area contributed by atoms with E-state index in [0.717, 1.165) is 18.5 Å². The SMILES string of the molecule is Cc1cc2c(cc1O)C(C1(c3ccsc3)CC1)N(C)CC2. The summed E-state index contributed by atoms with van der Waals surface area (Å²) in [6, 6.07) is 6.90. The molecule has 2 aliphatic rings. The standard InChI is InChI=1S/C18H21NOS/c1-12-9-13-3-7-19(2)17(15(13)10-16(12)20)18(5-6-18)14-4-8-21-11-14/h4,8-11,17,20H,3,5-7H2,1-2H3. The Balaban J connectivity index is 1.85. The van der Waals surface area contributed by atoms with Crippen molar-refractivity contribution in [2.24, 2.45) is 0 Å². The number of likely N-dealkylation sites (N-methyl/N-ethyl adjacent to an activating group) is 1. The molecule has 1 unspecified atom stereocenters. The summed E-state index contributed by atoms with van der Waals surface area (Å²) < 4.78 is 0. The molecule has 4 rings (SSSR count). The molecule has 0 spiro atoms. The van der Waals surface area contributed by atoms with Gasteiger partial charge in [-0.1, -0.05) is 6.07 Å². The number of thiophene rings is 1. The second-order valence-corrected chi connectivity index (χ2v) is 7.42. The molecule has 1 N–H and O–H groups in total. The van der Waals surface area contributed by atoms with E-state index >= 15 is 0 Å². The Hall–Kier alpha value is -1.32. The number of nitrogens with zero attached hydrogens (tertiary/aromatic N) is 1. The van der Waals surface area contributed by atoms with Gasteiger partial charge in [-0.15, -0.1) is 0 Å². The fraction of sp³-hybridized carbons (Fsp3) is 0.444. The van der Waals surface area contributed by atoms with Crippen molar-refractivity contribution in [2.75, 3.05) is 13.6 Å². The van der Waals surface area contributed by atoms with Gasteiger partial charge < -0.3 is 5.11 Å². The number of benzene rings is 1. The molecule has 1 saturated carbocycles. The molecule has 2 nitrogen and oxygen atoms in total. The van der Waals surface area contributed by atoms with Crippen LogP contribution in [0.2, 0.25) is 0 Å². The minimum Gasteiger partial charge on any atom is -0.508 e. The lowest BCUT2D eigenvalue weighted by Gasteiger charge is -2.40. The Morgan fingerprint density at radius 2 is 2.14 bits per heavy atom. The molecule has 1 atom stereocenters. The highest BCUT2D eigenvalue weighted by Gasteiger charge is 2.54.